The molecule has 2 unspecified atom stereocenters. The van der Waals surface area contributed by atoms with Crippen LogP contribution in [0.4, 0.5) is 0 Å². The van der Waals surface area contributed by atoms with Crippen molar-refractivity contribution in [3.63, 3.8) is 0 Å². The second-order valence-electron chi connectivity index (χ2n) is 6.15. The Balaban J connectivity index is 2.30. The van der Waals surface area contributed by atoms with E-state index in [0.717, 1.165) is 31.7 Å². The normalized spacial score (nSPS) is 19.9. The summed E-state index contributed by atoms with van der Waals surface area (Å²) in [4.78, 5) is 2.39. The summed E-state index contributed by atoms with van der Waals surface area (Å²) in [7, 11) is 0. The predicted octanol–water partition coefficient (Wildman–Crippen LogP) is 2.25. The summed E-state index contributed by atoms with van der Waals surface area (Å²) in [5.74, 6) is 0. The molecule has 1 saturated heterocycles. The van der Waals surface area contributed by atoms with E-state index in [1.807, 2.05) is 0 Å². The summed E-state index contributed by atoms with van der Waals surface area (Å²) < 4.78 is 0. The number of rotatable bonds is 3. The number of nitrogens with zero attached hydrogens (tertiary/aromatic N) is 1. The summed E-state index contributed by atoms with van der Waals surface area (Å²) in [5, 5.41) is 14.3. The van der Waals surface area contributed by atoms with Gasteiger partial charge in [0.2, 0.25) is 0 Å². The van der Waals surface area contributed by atoms with E-state index in [4.69, 9.17) is 0 Å². The third kappa shape index (κ3) is 2.90. The van der Waals surface area contributed by atoms with Gasteiger partial charge in [0.15, 0.2) is 0 Å². The van der Waals surface area contributed by atoms with Crippen molar-refractivity contribution in [1.29, 1.82) is 0 Å². The molecule has 1 aromatic carbocycles. The van der Waals surface area contributed by atoms with Crippen LogP contribution in [0, 0.1) is 27.7 Å². The topological polar surface area (TPSA) is 35.5 Å². The lowest BCUT2D eigenvalue weighted by atomic mass is 9.88. The molecule has 1 aliphatic rings. The van der Waals surface area contributed by atoms with Crippen molar-refractivity contribution in [2.24, 2.45) is 0 Å². The van der Waals surface area contributed by atoms with E-state index in [0.29, 0.717) is 0 Å². The van der Waals surface area contributed by atoms with Gasteiger partial charge in [0.1, 0.15) is 0 Å². The largest absolute Gasteiger partial charge is 0.387 e. The van der Waals surface area contributed by atoms with E-state index >= 15 is 0 Å². The number of nitrogens with one attached hydrogen (secondary N) is 1. The molecule has 0 spiro atoms. The number of benzene rings is 1. The molecule has 3 nitrogen and oxygen atoms in total. The van der Waals surface area contributed by atoms with E-state index in [2.05, 4.69) is 50.9 Å². The van der Waals surface area contributed by atoms with E-state index < -0.39 is 6.10 Å². The minimum absolute atomic E-state index is 0.163. The molecule has 0 bridgehead atoms. The van der Waals surface area contributed by atoms with Gasteiger partial charge in [-0.05, 0) is 62.4 Å². The molecule has 2 rings (SSSR count). The first-order valence-corrected chi connectivity index (χ1v) is 7.63. The van der Waals surface area contributed by atoms with Crippen molar-refractivity contribution in [3.8, 4) is 0 Å². The highest BCUT2D eigenvalue weighted by Gasteiger charge is 2.27. The lowest BCUT2D eigenvalue weighted by Gasteiger charge is -2.36. The molecule has 0 aliphatic carbocycles. The van der Waals surface area contributed by atoms with Gasteiger partial charge >= 0.3 is 0 Å². The quantitative estimate of drug-likeness (QED) is 0.889. The smallest absolute Gasteiger partial charge is 0.0947 e. The van der Waals surface area contributed by atoms with Crippen molar-refractivity contribution in [2.45, 2.75) is 46.8 Å². The van der Waals surface area contributed by atoms with Gasteiger partial charge in [0.25, 0.3) is 0 Å². The predicted molar refractivity (Wildman–Crippen MR) is 84.3 cm³/mol. The molecule has 0 amide bonds. The fraction of sp³-hybridized carbons (Fsp3) is 0.647. The second kappa shape index (κ2) is 6.25. The molecule has 3 heteroatoms. The van der Waals surface area contributed by atoms with E-state index in [1.54, 1.807) is 0 Å². The van der Waals surface area contributed by atoms with Crippen molar-refractivity contribution < 1.29 is 5.11 Å². The van der Waals surface area contributed by atoms with Crippen LogP contribution < -0.4 is 5.32 Å². The van der Waals surface area contributed by atoms with E-state index in [-0.39, 0.29) is 6.04 Å². The van der Waals surface area contributed by atoms with Crippen LogP contribution in [0.1, 0.15) is 40.8 Å². The molecule has 1 aliphatic heterocycles. The van der Waals surface area contributed by atoms with Gasteiger partial charge in [-0.15, -0.1) is 0 Å². The zero-order chi connectivity index (χ0) is 14.9. The third-order valence-electron chi connectivity index (χ3n) is 4.90. The highest BCUT2D eigenvalue weighted by Crippen LogP contribution is 2.30. The maximum atomic E-state index is 10.9. The van der Waals surface area contributed by atoms with Crippen molar-refractivity contribution in [3.05, 3.63) is 33.9 Å². The molecular formula is C17H28N2O. The van der Waals surface area contributed by atoms with Gasteiger partial charge in [0, 0.05) is 32.2 Å². The fourth-order valence-electron chi connectivity index (χ4n) is 3.22. The maximum absolute atomic E-state index is 10.9. The Kier molecular flexibility index (Phi) is 4.84. The lowest BCUT2D eigenvalue weighted by molar-refractivity contribution is 0.0502. The minimum atomic E-state index is -0.410. The Labute approximate surface area is 123 Å². The van der Waals surface area contributed by atoms with Crippen LogP contribution in [0.15, 0.2) is 6.07 Å². The highest BCUT2D eigenvalue weighted by atomic mass is 16.3. The van der Waals surface area contributed by atoms with Crippen LogP contribution in [0.3, 0.4) is 0 Å². The number of piperazine rings is 1. The van der Waals surface area contributed by atoms with E-state index in [1.165, 1.54) is 22.3 Å². The molecule has 1 fully saturated rings. The number of aryl methyl sites for hydroxylation is 2. The Bertz CT molecular complexity index is 452. The highest BCUT2D eigenvalue weighted by molar-refractivity contribution is 5.45. The molecule has 20 heavy (non-hydrogen) atoms. The minimum Gasteiger partial charge on any atom is -0.387 e. The standard InChI is InChI=1S/C17H28N2O/c1-11-10-12(2)14(4)16(13(11)3)17(20)15(5)19-8-6-18-7-9-19/h10,15,17-18,20H,6-9H2,1-5H3. The fourth-order valence-corrected chi connectivity index (χ4v) is 3.22. The first-order chi connectivity index (χ1) is 9.43. The number of aliphatic hydroxyl groups excluding tert-OH is 1. The first-order valence-electron chi connectivity index (χ1n) is 7.63. The summed E-state index contributed by atoms with van der Waals surface area (Å²) in [6.07, 6.45) is -0.410. The number of aliphatic hydroxyl groups is 1. The van der Waals surface area contributed by atoms with Crippen LogP contribution in [0.25, 0.3) is 0 Å². The van der Waals surface area contributed by atoms with E-state index in [9.17, 15) is 5.11 Å². The molecular weight excluding hydrogens is 248 g/mol. The molecule has 0 saturated carbocycles. The van der Waals surface area contributed by atoms with Gasteiger partial charge in [-0.25, -0.2) is 0 Å². The zero-order valence-corrected chi connectivity index (χ0v) is 13.5. The van der Waals surface area contributed by atoms with Crippen LogP contribution in [-0.4, -0.2) is 42.2 Å². The van der Waals surface area contributed by atoms with Crippen LogP contribution >= 0.6 is 0 Å². The third-order valence-corrected chi connectivity index (χ3v) is 4.90. The Hall–Kier alpha value is -0.900. The first kappa shape index (κ1) is 15.5. The Morgan fingerprint density at radius 2 is 1.55 bits per heavy atom. The average molecular weight is 276 g/mol. The maximum Gasteiger partial charge on any atom is 0.0947 e. The van der Waals surface area contributed by atoms with Gasteiger partial charge < -0.3 is 10.4 Å². The second-order valence-corrected chi connectivity index (χ2v) is 6.15. The van der Waals surface area contributed by atoms with Gasteiger partial charge in [-0.1, -0.05) is 6.07 Å². The van der Waals surface area contributed by atoms with Gasteiger partial charge in [-0.3, -0.25) is 4.90 Å². The van der Waals surface area contributed by atoms with Crippen molar-refractivity contribution in [2.75, 3.05) is 26.2 Å². The van der Waals surface area contributed by atoms with Gasteiger partial charge in [0.05, 0.1) is 6.10 Å². The Morgan fingerprint density at radius 1 is 1.05 bits per heavy atom. The monoisotopic (exact) mass is 276 g/mol. The zero-order valence-electron chi connectivity index (χ0n) is 13.5. The molecule has 112 valence electrons. The van der Waals surface area contributed by atoms with Crippen LogP contribution in [0.2, 0.25) is 0 Å². The Morgan fingerprint density at radius 3 is 2.05 bits per heavy atom. The molecule has 2 atom stereocenters. The number of hydrogen-bond donors (Lipinski definition) is 2. The number of hydrogen-bond acceptors (Lipinski definition) is 3. The molecule has 1 aromatic rings. The van der Waals surface area contributed by atoms with Gasteiger partial charge in [-0.2, -0.15) is 0 Å². The SMILES string of the molecule is Cc1cc(C)c(C)c(C(O)C(C)N2CCNCC2)c1C. The molecule has 1 heterocycles. The summed E-state index contributed by atoms with van der Waals surface area (Å²) >= 11 is 0. The average Bonchev–Trinajstić information content (AvgIpc) is 2.45. The summed E-state index contributed by atoms with van der Waals surface area (Å²) in [6, 6.07) is 2.38. The lowest BCUT2D eigenvalue weighted by Crippen LogP contribution is -2.49. The molecule has 0 radical (unpaired) electrons. The molecule has 0 aromatic heterocycles. The summed E-state index contributed by atoms with van der Waals surface area (Å²) in [6.45, 7) is 14.7. The van der Waals surface area contributed by atoms with Crippen LogP contribution in [0.5, 0.6) is 0 Å². The van der Waals surface area contributed by atoms with Crippen molar-refractivity contribution >= 4 is 0 Å². The van der Waals surface area contributed by atoms with Crippen molar-refractivity contribution in [1.82, 2.24) is 10.2 Å². The summed E-state index contributed by atoms with van der Waals surface area (Å²) in [5.41, 5.74) is 6.16. The van der Waals surface area contributed by atoms with Crippen LogP contribution in [-0.2, 0) is 0 Å². The molecule has 2 N–H and O–H groups in total.